The molecule has 0 bridgehead atoms. The lowest BCUT2D eigenvalue weighted by Gasteiger charge is -2.20. The van der Waals surface area contributed by atoms with Crippen LogP contribution < -0.4 is 15.9 Å². The molecule has 5 heteroatoms. The van der Waals surface area contributed by atoms with Gasteiger partial charge in [-0.2, -0.15) is 5.10 Å². The van der Waals surface area contributed by atoms with Crippen molar-refractivity contribution >= 4 is 0 Å². The zero-order valence-corrected chi connectivity index (χ0v) is 13.1. The number of aryl methyl sites for hydroxylation is 2. The third-order valence-corrected chi connectivity index (χ3v) is 3.28. The largest absolute Gasteiger partial charge is 0.494 e. The van der Waals surface area contributed by atoms with Crippen molar-refractivity contribution in [2.24, 2.45) is 5.73 Å². The van der Waals surface area contributed by atoms with E-state index in [0.717, 1.165) is 16.9 Å². The van der Waals surface area contributed by atoms with Crippen LogP contribution in [0, 0.1) is 13.8 Å². The summed E-state index contributed by atoms with van der Waals surface area (Å²) in [5.74, 6) is 0.695. The summed E-state index contributed by atoms with van der Waals surface area (Å²) in [6, 6.07) is 7.38. The zero-order valence-electron chi connectivity index (χ0n) is 13.1. The van der Waals surface area contributed by atoms with Crippen molar-refractivity contribution in [1.82, 2.24) is 9.78 Å². The smallest absolute Gasteiger partial charge is 0.205 e. The maximum Gasteiger partial charge on any atom is 0.205 e. The van der Waals surface area contributed by atoms with Gasteiger partial charge in [-0.05, 0) is 45.4 Å². The first-order valence-electron chi connectivity index (χ1n) is 6.79. The predicted octanol–water partition coefficient (Wildman–Crippen LogP) is 2.05. The summed E-state index contributed by atoms with van der Waals surface area (Å²) in [5, 5.41) is 4.46. The number of ether oxygens (including phenoxy) is 1. The molecule has 0 saturated carbocycles. The third kappa shape index (κ3) is 2.97. The Bertz CT molecular complexity index is 727. The van der Waals surface area contributed by atoms with Crippen LogP contribution in [0.2, 0.25) is 0 Å². The molecule has 0 amide bonds. The highest BCUT2D eigenvalue weighted by Crippen LogP contribution is 2.24. The molecule has 0 fully saturated rings. The van der Waals surface area contributed by atoms with Gasteiger partial charge in [0.2, 0.25) is 5.43 Å². The van der Waals surface area contributed by atoms with Crippen LogP contribution >= 0.6 is 0 Å². The van der Waals surface area contributed by atoms with Crippen molar-refractivity contribution in [3.63, 3.8) is 0 Å². The first-order valence-corrected chi connectivity index (χ1v) is 6.79. The highest BCUT2D eigenvalue weighted by Gasteiger charge is 2.22. The van der Waals surface area contributed by atoms with E-state index in [1.54, 1.807) is 31.7 Å². The second kappa shape index (κ2) is 5.33. The second-order valence-corrected chi connectivity index (χ2v) is 5.81. The number of aromatic nitrogens is 2. The number of methoxy groups -OCH3 is 1. The summed E-state index contributed by atoms with van der Waals surface area (Å²) in [7, 11) is 1.61. The van der Waals surface area contributed by atoms with Crippen LogP contribution in [0.3, 0.4) is 0 Å². The van der Waals surface area contributed by atoms with E-state index in [9.17, 15) is 4.79 Å². The molecular weight excluding hydrogens is 266 g/mol. The Morgan fingerprint density at radius 3 is 2.48 bits per heavy atom. The van der Waals surface area contributed by atoms with Gasteiger partial charge in [0.05, 0.1) is 12.6 Å². The third-order valence-electron chi connectivity index (χ3n) is 3.28. The lowest BCUT2D eigenvalue weighted by molar-refractivity contribution is 0.410. The van der Waals surface area contributed by atoms with E-state index in [0.29, 0.717) is 11.4 Å². The Balaban J connectivity index is 2.76. The van der Waals surface area contributed by atoms with E-state index in [-0.39, 0.29) is 5.43 Å². The van der Waals surface area contributed by atoms with Gasteiger partial charge in [0.25, 0.3) is 0 Å². The van der Waals surface area contributed by atoms with Crippen molar-refractivity contribution in [2.75, 3.05) is 7.11 Å². The van der Waals surface area contributed by atoms with Crippen LogP contribution in [0.4, 0.5) is 0 Å². The highest BCUT2D eigenvalue weighted by atomic mass is 16.5. The van der Waals surface area contributed by atoms with Gasteiger partial charge in [-0.3, -0.25) is 4.79 Å². The molecule has 0 radical (unpaired) electrons. The van der Waals surface area contributed by atoms with Crippen molar-refractivity contribution in [2.45, 2.75) is 33.2 Å². The minimum atomic E-state index is -0.802. The molecule has 2 aromatic rings. The topological polar surface area (TPSA) is 70.1 Å². The van der Waals surface area contributed by atoms with E-state index >= 15 is 0 Å². The Labute approximate surface area is 124 Å². The van der Waals surface area contributed by atoms with Gasteiger partial charge < -0.3 is 10.5 Å². The van der Waals surface area contributed by atoms with Crippen molar-refractivity contribution in [3.05, 3.63) is 51.4 Å². The SMILES string of the molecule is COc1ccc(C)cc1-n1nc(C(C)(C)N)c(=O)cc1C. The molecule has 0 aliphatic carbocycles. The maximum atomic E-state index is 12.1. The van der Waals surface area contributed by atoms with E-state index in [2.05, 4.69) is 5.10 Å². The Morgan fingerprint density at radius 1 is 1.24 bits per heavy atom. The van der Waals surface area contributed by atoms with E-state index in [4.69, 9.17) is 10.5 Å². The minimum Gasteiger partial charge on any atom is -0.494 e. The van der Waals surface area contributed by atoms with Crippen molar-refractivity contribution < 1.29 is 4.74 Å². The highest BCUT2D eigenvalue weighted by molar-refractivity contribution is 5.49. The summed E-state index contributed by atoms with van der Waals surface area (Å²) in [4.78, 5) is 12.1. The van der Waals surface area contributed by atoms with E-state index < -0.39 is 5.54 Å². The van der Waals surface area contributed by atoms with Crippen molar-refractivity contribution in [3.8, 4) is 11.4 Å². The number of hydrogen-bond acceptors (Lipinski definition) is 4. The normalized spacial score (nSPS) is 11.5. The monoisotopic (exact) mass is 287 g/mol. The minimum absolute atomic E-state index is 0.150. The molecule has 2 N–H and O–H groups in total. The van der Waals surface area contributed by atoms with Gasteiger partial charge in [0.15, 0.2) is 0 Å². The molecule has 0 aliphatic heterocycles. The predicted molar refractivity (Wildman–Crippen MR) is 83.1 cm³/mol. The molecule has 1 aromatic heterocycles. The fraction of sp³-hybridized carbons (Fsp3) is 0.375. The van der Waals surface area contributed by atoms with Gasteiger partial charge >= 0.3 is 0 Å². The summed E-state index contributed by atoms with van der Waals surface area (Å²) in [6.07, 6.45) is 0. The summed E-state index contributed by atoms with van der Waals surface area (Å²) >= 11 is 0. The van der Waals surface area contributed by atoms with Crippen LogP contribution in [0.1, 0.15) is 30.8 Å². The number of rotatable bonds is 3. The summed E-state index contributed by atoms with van der Waals surface area (Å²) in [5.41, 5.74) is 8.03. The van der Waals surface area contributed by atoms with Crippen LogP contribution in [0.5, 0.6) is 5.75 Å². The second-order valence-electron chi connectivity index (χ2n) is 5.81. The van der Waals surface area contributed by atoms with E-state index in [1.807, 2.05) is 32.0 Å². The fourth-order valence-electron chi connectivity index (χ4n) is 2.20. The van der Waals surface area contributed by atoms with Crippen molar-refractivity contribution in [1.29, 1.82) is 0 Å². The van der Waals surface area contributed by atoms with E-state index in [1.165, 1.54) is 0 Å². The standard InChI is InChI=1S/C16H21N3O2/c1-10-6-7-14(21-5)12(8-10)19-11(2)9-13(20)15(18-19)16(3,4)17/h6-9H,17H2,1-5H3. The van der Waals surface area contributed by atoms with Crippen LogP contribution in [0.15, 0.2) is 29.1 Å². The average Bonchev–Trinajstić information content (AvgIpc) is 2.37. The Morgan fingerprint density at radius 2 is 1.90 bits per heavy atom. The quantitative estimate of drug-likeness (QED) is 0.938. The number of hydrogen-bond donors (Lipinski definition) is 1. The number of nitrogens with zero attached hydrogens (tertiary/aromatic N) is 2. The molecule has 0 atom stereocenters. The molecule has 21 heavy (non-hydrogen) atoms. The van der Waals surface area contributed by atoms with Crippen LogP contribution in [-0.2, 0) is 5.54 Å². The molecule has 112 valence electrons. The molecular formula is C16H21N3O2. The number of benzene rings is 1. The lowest BCUT2D eigenvalue weighted by atomic mass is 10.0. The molecule has 5 nitrogen and oxygen atoms in total. The molecule has 0 saturated heterocycles. The van der Waals surface area contributed by atoms with Gasteiger partial charge in [-0.1, -0.05) is 6.07 Å². The van der Waals surface area contributed by atoms with Gasteiger partial charge in [-0.25, -0.2) is 4.68 Å². The van der Waals surface area contributed by atoms with Crippen LogP contribution in [0.25, 0.3) is 5.69 Å². The van der Waals surface area contributed by atoms with Gasteiger partial charge in [0.1, 0.15) is 17.1 Å². The summed E-state index contributed by atoms with van der Waals surface area (Å²) < 4.78 is 7.10. The molecule has 0 spiro atoms. The molecule has 1 aromatic carbocycles. The summed E-state index contributed by atoms with van der Waals surface area (Å²) in [6.45, 7) is 7.37. The van der Waals surface area contributed by atoms with Crippen LogP contribution in [-0.4, -0.2) is 16.9 Å². The Kier molecular flexibility index (Phi) is 3.87. The molecule has 1 heterocycles. The number of nitrogens with two attached hydrogens (primary N) is 1. The average molecular weight is 287 g/mol. The zero-order chi connectivity index (χ0) is 15.8. The molecule has 2 rings (SSSR count). The van der Waals surface area contributed by atoms with Gasteiger partial charge in [-0.15, -0.1) is 0 Å². The lowest BCUT2D eigenvalue weighted by Crippen LogP contribution is -2.37. The first kappa shape index (κ1) is 15.3. The molecule has 0 aliphatic rings. The Hall–Kier alpha value is -2.14. The molecule has 0 unspecified atom stereocenters. The maximum absolute atomic E-state index is 12.1. The fourth-order valence-corrected chi connectivity index (χ4v) is 2.20. The van der Waals surface area contributed by atoms with Gasteiger partial charge in [0, 0.05) is 11.8 Å². The first-order chi connectivity index (χ1) is 9.74.